The van der Waals surface area contributed by atoms with Crippen LogP contribution < -0.4 is 4.74 Å². The quantitative estimate of drug-likeness (QED) is 0.343. The van der Waals surface area contributed by atoms with E-state index in [1.165, 1.54) is 12.1 Å². The number of nitrogens with zero attached hydrogens (tertiary/aromatic N) is 3. The minimum absolute atomic E-state index is 0.0265. The zero-order valence-corrected chi connectivity index (χ0v) is 18.0. The van der Waals surface area contributed by atoms with Crippen molar-refractivity contribution in [2.75, 3.05) is 0 Å². The van der Waals surface area contributed by atoms with Gasteiger partial charge in [0, 0.05) is 46.6 Å². The lowest BCUT2D eigenvalue weighted by atomic mass is 9.92. The third-order valence-electron chi connectivity index (χ3n) is 5.78. The molecule has 2 aliphatic heterocycles. The fourth-order valence-corrected chi connectivity index (χ4v) is 4.49. The molecule has 5 rings (SSSR count). The molecule has 2 atom stereocenters. The van der Waals surface area contributed by atoms with E-state index in [1.807, 2.05) is 48.3 Å². The van der Waals surface area contributed by atoms with E-state index in [2.05, 4.69) is 0 Å². The molecule has 3 aromatic carbocycles. The van der Waals surface area contributed by atoms with Crippen molar-refractivity contribution in [2.45, 2.75) is 25.1 Å². The van der Waals surface area contributed by atoms with Gasteiger partial charge in [-0.2, -0.15) is 5.10 Å². The summed E-state index contributed by atoms with van der Waals surface area (Å²) in [5, 5.41) is 19.2. The Balaban J connectivity index is 1.63. The minimum Gasteiger partial charge on any atom is -0.462 e. The van der Waals surface area contributed by atoms with Crippen LogP contribution >= 0.6 is 23.2 Å². The van der Waals surface area contributed by atoms with Crippen molar-refractivity contribution in [2.24, 2.45) is 5.10 Å². The third kappa shape index (κ3) is 3.32. The Morgan fingerprint density at radius 3 is 2.42 bits per heavy atom. The highest BCUT2D eigenvalue weighted by Crippen LogP contribution is 2.51. The second-order valence-electron chi connectivity index (χ2n) is 7.69. The molecule has 0 saturated carbocycles. The molecule has 0 spiro atoms. The number of fused-ring (bicyclic) bond motifs is 3. The summed E-state index contributed by atoms with van der Waals surface area (Å²) in [4.78, 5) is 10.7. The number of hydrazone groups is 1. The summed E-state index contributed by atoms with van der Waals surface area (Å²) >= 11 is 12.3. The highest BCUT2D eigenvalue weighted by atomic mass is 35.5. The number of ether oxygens (including phenoxy) is 1. The fraction of sp³-hybridized carbons (Fsp3) is 0.174. The maximum absolute atomic E-state index is 11.1. The molecular weight excluding hydrogens is 437 g/mol. The monoisotopic (exact) mass is 453 g/mol. The second kappa shape index (κ2) is 7.25. The van der Waals surface area contributed by atoms with Gasteiger partial charge in [0.1, 0.15) is 5.75 Å². The second-order valence-corrected chi connectivity index (χ2v) is 8.56. The van der Waals surface area contributed by atoms with Crippen molar-refractivity contribution >= 4 is 34.6 Å². The van der Waals surface area contributed by atoms with Gasteiger partial charge in [-0.3, -0.25) is 10.1 Å². The van der Waals surface area contributed by atoms with Gasteiger partial charge in [-0.25, -0.2) is 5.01 Å². The number of non-ortho nitro benzene ring substituents is 1. The largest absolute Gasteiger partial charge is 0.462 e. The van der Waals surface area contributed by atoms with Gasteiger partial charge in [0.05, 0.1) is 16.7 Å². The number of hydrogen-bond donors (Lipinski definition) is 0. The molecule has 0 aliphatic carbocycles. The van der Waals surface area contributed by atoms with Crippen molar-refractivity contribution in [3.8, 4) is 5.75 Å². The Morgan fingerprint density at radius 2 is 1.74 bits per heavy atom. The third-order valence-corrected chi connectivity index (χ3v) is 6.27. The fourth-order valence-electron chi connectivity index (χ4n) is 4.18. The van der Waals surface area contributed by atoms with Gasteiger partial charge in [-0.05, 0) is 48.0 Å². The van der Waals surface area contributed by atoms with Crippen LogP contribution in [-0.4, -0.2) is 15.6 Å². The predicted molar refractivity (Wildman–Crippen MR) is 120 cm³/mol. The summed E-state index contributed by atoms with van der Waals surface area (Å²) in [5.74, 6) is 0.721. The molecule has 0 fully saturated rings. The van der Waals surface area contributed by atoms with Crippen molar-refractivity contribution in [1.82, 2.24) is 5.01 Å². The molecule has 6 nitrogen and oxygen atoms in total. The molecule has 0 radical (unpaired) electrons. The molecule has 0 N–H and O–H groups in total. The van der Waals surface area contributed by atoms with Gasteiger partial charge in [0.15, 0.2) is 0 Å². The van der Waals surface area contributed by atoms with Gasteiger partial charge in [-0.15, -0.1) is 0 Å². The van der Waals surface area contributed by atoms with E-state index < -0.39 is 10.6 Å². The Morgan fingerprint density at radius 1 is 1.06 bits per heavy atom. The van der Waals surface area contributed by atoms with Gasteiger partial charge < -0.3 is 4.74 Å². The molecule has 0 aromatic heterocycles. The average Bonchev–Trinajstić information content (AvgIpc) is 3.22. The molecule has 0 bridgehead atoms. The van der Waals surface area contributed by atoms with E-state index in [0.29, 0.717) is 16.5 Å². The number of halogens is 2. The molecule has 2 aliphatic rings. The van der Waals surface area contributed by atoms with Gasteiger partial charge >= 0.3 is 0 Å². The van der Waals surface area contributed by atoms with Gasteiger partial charge in [0.2, 0.25) is 5.72 Å². The van der Waals surface area contributed by atoms with Crippen LogP contribution in [0.3, 0.4) is 0 Å². The number of rotatable bonds is 3. The number of nitro benzene ring substituents is 1. The maximum atomic E-state index is 11.1. The summed E-state index contributed by atoms with van der Waals surface area (Å²) < 4.78 is 6.45. The molecule has 0 saturated heterocycles. The Bertz CT molecular complexity index is 1210. The molecule has 3 aromatic rings. The lowest BCUT2D eigenvalue weighted by Crippen LogP contribution is -2.48. The first-order valence-corrected chi connectivity index (χ1v) is 10.5. The van der Waals surface area contributed by atoms with E-state index in [0.717, 1.165) is 28.2 Å². The summed E-state index contributed by atoms with van der Waals surface area (Å²) in [6.07, 6.45) is 0.668. The molecule has 0 amide bonds. The Hall–Kier alpha value is -3.09. The van der Waals surface area contributed by atoms with Gasteiger partial charge in [-0.1, -0.05) is 35.3 Å². The van der Waals surface area contributed by atoms with Crippen LogP contribution in [0.25, 0.3) is 0 Å². The molecule has 2 heterocycles. The summed E-state index contributed by atoms with van der Waals surface area (Å²) in [5.41, 5.74) is 2.69. The highest BCUT2D eigenvalue weighted by molar-refractivity contribution is 6.31. The van der Waals surface area contributed by atoms with E-state index in [1.54, 1.807) is 18.2 Å². The topological polar surface area (TPSA) is 68.0 Å². The Labute approximate surface area is 188 Å². The summed E-state index contributed by atoms with van der Waals surface area (Å²) in [6.45, 7) is 1.92. The van der Waals surface area contributed by atoms with Crippen LogP contribution in [0.2, 0.25) is 10.0 Å². The van der Waals surface area contributed by atoms with Crippen LogP contribution in [0.15, 0.2) is 71.8 Å². The zero-order valence-electron chi connectivity index (χ0n) is 16.5. The molecule has 31 heavy (non-hydrogen) atoms. The van der Waals surface area contributed by atoms with E-state index >= 15 is 0 Å². The first-order chi connectivity index (χ1) is 14.8. The maximum Gasteiger partial charge on any atom is 0.269 e. The molecule has 0 unspecified atom stereocenters. The number of benzene rings is 3. The summed E-state index contributed by atoms with van der Waals surface area (Å²) in [6, 6.07) is 19.4. The highest BCUT2D eigenvalue weighted by Gasteiger charge is 2.49. The average molecular weight is 454 g/mol. The van der Waals surface area contributed by atoms with Crippen LogP contribution in [0.1, 0.15) is 36.1 Å². The molecule has 8 heteroatoms. The Kier molecular flexibility index (Phi) is 4.64. The van der Waals surface area contributed by atoms with Crippen LogP contribution in [0, 0.1) is 10.1 Å². The predicted octanol–water partition coefficient (Wildman–Crippen LogP) is 6.32. The smallest absolute Gasteiger partial charge is 0.269 e. The van der Waals surface area contributed by atoms with E-state index in [-0.39, 0.29) is 11.7 Å². The van der Waals surface area contributed by atoms with E-state index in [4.69, 9.17) is 33.0 Å². The van der Waals surface area contributed by atoms with Crippen molar-refractivity contribution in [3.05, 3.63) is 104 Å². The lowest BCUT2D eigenvalue weighted by molar-refractivity contribution is -0.384. The van der Waals surface area contributed by atoms with E-state index in [9.17, 15) is 10.1 Å². The van der Waals surface area contributed by atoms with Crippen molar-refractivity contribution < 1.29 is 9.66 Å². The first kappa shape index (κ1) is 19.8. The normalized spacial score (nSPS) is 21.7. The first-order valence-electron chi connectivity index (χ1n) is 9.71. The SMILES string of the molecule is C[C@@]1(c2ccc([N+](=O)[O-])cc2)Oc2ccc(Cl)cc2[C@H]2CC(c3ccc(Cl)cc3)=NN21. The van der Waals surface area contributed by atoms with Crippen LogP contribution in [-0.2, 0) is 5.72 Å². The van der Waals surface area contributed by atoms with Crippen molar-refractivity contribution in [1.29, 1.82) is 0 Å². The number of nitro groups is 1. The molecular formula is C23H17Cl2N3O3. The van der Waals surface area contributed by atoms with Gasteiger partial charge in [0.25, 0.3) is 5.69 Å². The molecule has 156 valence electrons. The summed E-state index contributed by atoms with van der Waals surface area (Å²) in [7, 11) is 0. The zero-order chi connectivity index (χ0) is 21.8. The van der Waals surface area contributed by atoms with Crippen molar-refractivity contribution in [3.63, 3.8) is 0 Å². The standard InChI is InChI=1S/C23H17Cl2N3O3/c1-23(15-4-9-18(10-5-15)28(29)30)27-21(19-12-17(25)8-11-22(19)31-23)13-20(26-27)14-2-6-16(24)7-3-14/h2-12,21H,13H2,1H3/t21-,23+/m1/s1. The minimum atomic E-state index is -0.950. The van der Waals surface area contributed by atoms with Crippen LogP contribution in [0.5, 0.6) is 5.75 Å². The number of hydrogen-bond acceptors (Lipinski definition) is 5. The van der Waals surface area contributed by atoms with Crippen LogP contribution in [0.4, 0.5) is 5.69 Å². The lowest BCUT2D eigenvalue weighted by Gasteiger charge is -2.46.